The number of nitrogens with two attached hydrogens (primary N) is 1. The maximum atomic E-state index is 5.94. The highest BCUT2D eigenvalue weighted by Crippen LogP contribution is 2.31. The van der Waals surface area contributed by atoms with Crippen LogP contribution >= 0.6 is 0 Å². The van der Waals surface area contributed by atoms with E-state index < -0.39 is 0 Å². The van der Waals surface area contributed by atoms with Crippen molar-refractivity contribution in [3.8, 4) is 0 Å². The molecule has 0 aromatic rings. The fourth-order valence-electron chi connectivity index (χ4n) is 1.51. The zero-order valence-electron chi connectivity index (χ0n) is 8.93. The minimum Gasteiger partial charge on any atom is -0.381 e. The Kier molecular flexibility index (Phi) is 3.42. The molecular weight excluding hydrogens is 176 g/mol. The van der Waals surface area contributed by atoms with Gasteiger partial charge < -0.3 is 15.8 Å². The van der Waals surface area contributed by atoms with Crippen molar-refractivity contribution in [2.24, 2.45) is 11.7 Å². The van der Waals surface area contributed by atoms with E-state index >= 15 is 0 Å². The van der Waals surface area contributed by atoms with Crippen LogP contribution in [-0.4, -0.2) is 31.8 Å². The van der Waals surface area contributed by atoms with Crippen LogP contribution in [0.5, 0.6) is 0 Å². The summed E-state index contributed by atoms with van der Waals surface area (Å²) < 4.78 is 5.53. The van der Waals surface area contributed by atoms with Gasteiger partial charge >= 0.3 is 0 Å². The van der Waals surface area contributed by atoms with Crippen LogP contribution in [0.25, 0.3) is 0 Å². The summed E-state index contributed by atoms with van der Waals surface area (Å²) in [4.78, 5) is 0. The van der Waals surface area contributed by atoms with Gasteiger partial charge in [-0.25, -0.2) is 0 Å². The maximum Gasteiger partial charge on any atom is 0.0494 e. The SMILES string of the molecule is NC1(CNCCCOCC2CC2)CC1. The summed E-state index contributed by atoms with van der Waals surface area (Å²) >= 11 is 0. The van der Waals surface area contributed by atoms with E-state index in [-0.39, 0.29) is 5.54 Å². The number of ether oxygens (including phenoxy) is 1. The first kappa shape index (κ1) is 10.4. The average molecular weight is 198 g/mol. The molecule has 0 unspecified atom stereocenters. The number of rotatable bonds is 8. The summed E-state index contributed by atoms with van der Waals surface area (Å²) in [6.07, 6.45) is 6.26. The van der Waals surface area contributed by atoms with Crippen molar-refractivity contribution in [2.75, 3.05) is 26.3 Å². The summed E-state index contributed by atoms with van der Waals surface area (Å²) in [6, 6.07) is 0. The summed E-state index contributed by atoms with van der Waals surface area (Å²) in [5, 5.41) is 3.39. The number of hydrogen-bond donors (Lipinski definition) is 2. The topological polar surface area (TPSA) is 47.3 Å². The van der Waals surface area contributed by atoms with Gasteiger partial charge in [0.15, 0.2) is 0 Å². The molecule has 82 valence electrons. The van der Waals surface area contributed by atoms with E-state index in [2.05, 4.69) is 5.32 Å². The van der Waals surface area contributed by atoms with Crippen molar-refractivity contribution in [3.05, 3.63) is 0 Å². The van der Waals surface area contributed by atoms with Crippen molar-refractivity contribution >= 4 is 0 Å². The summed E-state index contributed by atoms with van der Waals surface area (Å²) in [5.74, 6) is 0.890. The molecule has 2 saturated carbocycles. The Morgan fingerprint density at radius 2 is 2.14 bits per heavy atom. The van der Waals surface area contributed by atoms with Crippen LogP contribution in [-0.2, 0) is 4.74 Å². The predicted molar refractivity (Wildman–Crippen MR) is 57.2 cm³/mol. The molecule has 0 spiro atoms. The molecule has 0 aromatic heterocycles. The lowest BCUT2D eigenvalue weighted by Gasteiger charge is -2.09. The first-order chi connectivity index (χ1) is 6.79. The summed E-state index contributed by atoms with van der Waals surface area (Å²) in [5.41, 5.74) is 6.09. The van der Waals surface area contributed by atoms with Gasteiger partial charge in [0.2, 0.25) is 0 Å². The normalized spacial score (nSPS) is 23.8. The Labute approximate surface area is 86.4 Å². The van der Waals surface area contributed by atoms with Crippen LogP contribution in [0.4, 0.5) is 0 Å². The van der Waals surface area contributed by atoms with Crippen molar-refractivity contribution in [3.63, 3.8) is 0 Å². The van der Waals surface area contributed by atoms with Crippen LogP contribution < -0.4 is 11.1 Å². The second kappa shape index (κ2) is 4.60. The summed E-state index contributed by atoms with van der Waals surface area (Å²) in [7, 11) is 0. The van der Waals surface area contributed by atoms with E-state index in [1.54, 1.807) is 0 Å². The molecule has 2 aliphatic rings. The molecular formula is C11H22N2O. The molecule has 0 amide bonds. The van der Waals surface area contributed by atoms with Crippen molar-refractivity contribution in [1.29, 1.82) is 0 Å². The van der Waals surface area contributed by atoms with Crippen molar-refractivity contribution in [1.82, 2.24) is 5.32 Å². The lowest BCUT2D eigenvalue weighted by Crippen LogP contribution is -2.36. The van der Waals surface area contributed by atoms with E-state index in [4.69, 9.17) is 10.5 Å². The Hall–Kier alpha value is -0.120. The smallest absolute Gasteiger partial charge is 0.0494 e. The summed E-state index contributed by atoms with van der Waals surface area (Å²) in [6.45, 7) is 3.92. The molecule has 0 heterocycles. The highest BCUT2D eigenvalue weighted by atomic mass is 16.5. The molecule has 2 rings (SSSR count). The molecule has 0 aliphatic heterocycles. The molecule has 3 nitrogen and oxygen atoms in total. The molecule has 0 bridgehead atoms. The molecule has 0 saturated heterocycles. The second-order valence-electron chi connectivity index (χ2n) is 4.91. The van der Waals surface area contributed by atoms with Gasteiger partial charge in [-0.05, 0) is 44.6 Å². The number of hydrogen-bond acceptors (Lipinski definition) is 3. The third kappa shape index (κ3) is 3.95. The van der Waals surface area contributed by atoms with E-state index in [0.29, 0.717) is 0 Å². The van der Waals surface area contributed by atoms with Crippen molar-refractivity contribution in [2.45, 2.75) is 37.6 Å². The quantitative estimate of drug-likeness (QED) is 0.569. The number of nitrogens with one attached hydrogen (secondary N) is 1. The van der Waals surface area contributed by atoms with Gasteiger partial charge in [0, 0.05) is 25.3 Å². The van der Waals surface area contributed by atoms with E-state index in [0.717, 1.165) is 38.6 Å². The molecule has 2 fully saturated rings. The van der Waals surface area contributed by atoms with Gasteiger partial charge in [0.25, 0.3) is 0 Å². The van der Waals surface area contributed by atoms with Gasteiger partial charge in [0.1, 0.15) is 0 Å². The Morgan fingerprint density at radius 1 is 1.36 bits per heavy atom. The highest BCUT2D eigenvalue weighted by molar-refractivity contribution is 5.00. The van der Waals surface area contributed by atoms with Gasteiger partial charge in [-0.1, -0.05) is 0 Å². The maximum absolute atomic E-state index is 5.94. The predicted octanol–water partition coefficient (Wildman–Crippen LogP) is 0.884. The van der Waals surface area contributed by atoms with Crippen LogP contribution in [0, 0.1) is 5.92 Å². The minimum atomic E-state index is 0.148. The molecule has 0 aromatic carbocycles. The third-order valence-electron chi connectivity index (χ3n) is 3.06. The van der Waals surface area contributed by atoms with Crippen molar-refractivity contribution < 1.29 is 4.74 Å². The van der Waals surface area contributed by atoms with E-state index in [1.165, 1.54) is 25.7 Å². The molecule has 0 radical (unpaired) electrons. The second-order valence-corrected chi connectivity index (χ2v) is 4.91. The Morgan fingerprint density at radius 3 is 2.79 bits per heavy atom. The fraction of sp³-hybridized carbons (Fsp3) is 1.00. The van der Waals surface area contributed by atoms with Gasteiger partial charge in [-0.3, -0.25) is 0 Å². The highest BCUT2D eigenvalue weighted by Gasteiger charge is 2.37. The first-order valence-corrected chi connectivity index (χ1v) is 5.86. The molecule has 14 heavy (non-hydrogen) atoms. The van der Waals surface area contributed by atoms with Crippen LogP contribution in [0.3, 0.4) is 0 Å². The molecule has 3 heteroatoms. The van der Waals surface area contributed by atoms with Gasteiger partial charge in [-0.2, -0.15) is 0 Å². The molecule has 3 N–H and O–H groups in total. The minimum absolute atomic E-state index is 0.148. The first-order valence-electron chi connectivity index (χ1n) is 5.86. The fourth-order valence-corrected chi connectivity index (χ4v) is 1.51. The third-order valence-corrected chi connectivity index (χ3v) is 3.06. The monoisotopic (exact) mass is 198 g/mol. The lowest BCUT2D eigenvalue weighted by molar-refractivity contribution is 0.122. The Bertz CT molecular complexity index is 176. The van der Waals surface area contributed by atoms with Gasteiger partial charge in [-0.15, -0.1) is 0 Å². The van der Waals surface area contributed by atoms with E-state index in [1.807, 2.05) is 0 Å². The molecule has 2 aliphatic carbocycles. The average Bonchev–Trinajstić information content (AvgIpc) is 3.03. The lowest BCUT2D eigenvalue weighted by atomic mass is 10.3. The zero-order valence-corrected chi connectivity index (χ0v) is 8.93. The standard InChI is InChI=1S/C11H22N2O/c12-11(4-5-11)9-13-6-1-7-14-8-10-2-3-10/h10,13H,1-9,12H2. The van der Waals surface area contributed by atoms with Crippen LogP contribution in [0.2, 0.25) is 0 Å². The Balaban J connectivity index is 1.32. The largest absolute Gasteiger partial charge is 0.381 e. The van der Waals surface area contributed by atoms with Gasteiger partial charge in [0.05, 0.1) is 0 Å². The molecule has 0 atom stereocenters. The van der Waals surface area contributed by atoms with Crippen LogP contribution in [0.15, 0.2) is 0 Å². The van der Waals surface area contributed by atoms with Crippen LogP contribution in [0.1, 0.15) is 32.1 Å². The van der Waals surface area contributed by atoms with E-state index in [9.17, 15) is 0 Å². The zero-order chi connectivity index (χ0) is 9.86.